The van der Waals surface area contributed by atoms with E-state index in [1.165, 1.54) is 6.08 Å². The monoisotopic (exact) mass is 328 g/mol. The molecule has 0 unspecified atom stereocenters. The number of allylic oxidation sites excluding steroid dienone is 2. The predicted molar refractivity (Wildman–Crippen MR) is 76.7 cm³/mol. The number of halogens is 1. The SMILES string of the molecule is COc1ccc(/C=C(\C#N)C(N)=C(C#N)C#N)cc1Br. The quantitative estimate of drug-likeness (QED) is 0.677. The summed E-state index contributed by atoms with van der Waals surface area (Å²) in [6.07, 6.45) is 1.49. The number of nitrogens with zero attached hydrogens (tertiary/aromatic N) is 3. The van der Waals surface area contributed by atoms with Crippen LogP contribution in [0.15, 0.2) is 39.5 Å². The molecule has 0 amide bonds. The van der Waals surface area contributed by atoms with Crippen molar-refractivity contribution in [2.75, 3.05) is 7.11 Å². The zero-order chi connectivity index (χ0) is 15.1. The molecule has 20 heavy (non-hydrogen) atoms. The van der Waals surface area contributed by atoms with Crippen LogP contribution in [0.5, 0.6) is 5.75 Å². The summed E-state index contributed by atoms with van der Waals surface area (Å²) in [5.41, 5.74) is 5.96. The minimum atomic E-state index is -0.287. The second kappa shape index (κ2) is 6.99. The highest BCUT2D eigenvalue weighted by Gasteiger charge is 2.08. The Labute approximate surface area is 124 Å². The summed E-state index contributed by atoms with van der Waals surface area (Å²) >= 11 is 3.33. The van der Waals surface area contributed by atoms with Crippen molar-refractivity contribution < 1.29 is 4.74 Å². The van der Waals surface area contributed by atoms with Gasteiger partial charge in [-0.2, -0.15) is 15.8 Å². The third-order valence-corrected chi connectivity index (χ3v) is 3.01. The van der Waals surface area contributed by atoms with Gasteiger partial charge >= 0.3 is 0 Å². The maximum absolute atomic E-state index is 9.08. The highest BCUT2D eigenvalue weighted by atomic mass is 79.9. The summed E-state index contributed by atoms with van der Waals surface area (Å²) in [6.45, 7) is 0. The Morgan fingerprint density at radius 2 is 1.90 bits per heavy atom. The minimum Gasteiger partial charge on any atom is -0.496 e. The molecular formula is C14H9BrN4O. The molecule has 0 spiro atoms. The van der Waals surface area contributed by atoms with Crippen molar-refractivity contribution in [3.05, 3.63) is 45.1 Å². The molecule has 0 saturated carbocycles. The van der Waals surface area contributed by atoms with E-state index < -0.39 is 0 Å². The molecule has 1 aromatic rings. The number of nitriles is 3. The van der Waals surface area contributed by atoms with Gasteiger partial charge in [-0.1, -0.05) is 6.07 Å². The van der Waals surface area contributed by atoms with Crippen LogP contribution in [0.4, 0.5) is 0 Å². The minimum absolute atomic E-state index is 0.0557. The van der Waals surface area contributed by atoms with Crippen LogP contribution in [0, 0.1) is 34.0 Å². The van der Waals surface area contributed by atoms with Crippen LogP contribution in [-0.2, 0) is 0 Å². The number of benzene rings is 1. The van der Waals surface area contributed by atoms with Gasteiger partial charge < -0.3 is 10.5 Å². The van der Waals surface area contributed by atoms with Gasteiger partial charge in [0.15, 0.2) is 5.57 Å². The van der Waals surface area contributed by atoms with E-state index in [9.17, 15) is 0 Å². The summed E-state index contributed by atoms with van der Waals surface area (Å²) in [6, 6.07) is 10.4. The third kappa shape index (κ3) is 3.38. The molecule has 1 aromatic carbocycles. The molecule has 6 heteroatoms. The average molecular weight is 329 g/mol. The molecule has 0 fully saturated rings. The molecular weight excluding hydrogens is 320 g/mol. The smallest absolute Gasteiger partial charge is 0.153 e. The Hall–Kier alpha value is -2.75. The first-order valence-electron chi connectivity index (χ1n) is 5.33. The van der Waals surface area contributed by atoms with E-state index in [-0.39, 0.29) is 16.8 Å². The van der Waals surface area contributed by atoms with E-state index in [4.69, 9.17) is 26.3 Å². The van der Waals surface area contributed by atoms with Crippen molar-refractivity contribution in [1.82, 2.24) is 0 Å². The van der Waals surface area contributed by atoms with E-state index in [2.05, 4.69) is 15.9 Å². The Morgan fingerprint density at radius 3 is 2.35 bits per heavy atom. The van der Waals surface area contributed by atoms with Gasteiger partial charge in [0.25, 0.3) is 0 Å². The van der Waals surface area contributed by atoms with Gasteiger partial charge in [-0.3, -0.25) is 0 Å². The molecule has 1 rings (SSSR count). The molecule has 0 aliphatic rings. The zero-order valence-corrected chi connectivity index (χ0v) is 12.1. The number of hydrogen-bond donors (Lipinski definition) is 1. The molecule has 2 N–H and O–H groups in total. The molecule has 0 heterocycles. The van der Waals surface area contributed by atoms with Crippen LogP contribution >= 0.6 is 15.9 Å². The lowest BCUT2D eigenvalue weighted by Gasteiger charge is -2.04. The first-order chi connectivity index (χ1) is 9.57. The average Bonchev–Trinajstić information content (AvgIpc) is 2.46. The lowest BCUT2D eigenvalue weighted by atomic mass is 10.1. The van der Waals surface area contributed by atoms with Gasteiger partial charge in [-0.25, -0.2) is 0 Å². The lowest BCUT2D eigenvalue weighted by molar-refractivity contribution is 0.412. The fraction of sp³-hybridized carbons (Fsp3) is 0.0714. The number of ether oxygens (including phenoxy) is 1. The van der Waals surface area contributed by atoms with E-state index >= 15 is 0 Å². The third-order valence-electron chi connectivity index (χ3n) is 2.39. The molecule has 98 valence electrons. The van der Waals surface area contributed by atoms with Gasteiger partial charge in [-0.15, -0.1) is 0 Å². The number of methoxy groups -OCH3 is 1. The largest absolute Gasteiger partial charge is 0.496 e. The van der Waals surface area contributed by atoms with Crippen molar-refractivity contribution in [2.24, 2.45) is 5.73 Å². The van der Waals surface area contributed by atoms with Crippen molar-refractivity contribution >= 4 is 22.0 Å². The maximum Gasteiger partial charge on any atom is 0.153 e. The maximum atomic E-state index is 9.08. The normalized spacial score (nSPS) is 9.85. The highest BCUT2D eigenvalue weighted by Crippen LogP contribution is 2.26. The molecule has 5 nitrogen and oxygen atoms in total. The van der Waals surface area contributed by atoms with Crippen molar-refractivity contribution in [3.63, 3.8) is 0 Å². The second-order valence-corrected chi connectivity index (χ2v) is 4.43. The fourth-order valence-electron chi connectivity index (χ4n) is 1.39. The van der Waals surface area contributed by atoms with Gasteiger partial charge in [0, 0.05) is 0 Å². The predicted octanol–water partition coefficient (Wildman–Crippen LogP) is 2.62. The van der Waals surface area contributed by atoms with Crippen LogP contribution < -0.4 is 10.5 Å². The highest BCUT2D eigenvalue weighted by molar-refractivity contribution is 9.10. The van der Waals surface area contributed by atoms with Gasteiger partial charge in [-0.05, 0) is 39.7 Å². The van der Waals surface area contributed by atoms with E-state index in [1.807, 2.05) is 6.07 Å². The summed E-state index contributed by atoms with van der Waals surface area (Å²) in [7, 11) is 1.54. The molecule has 0 aliphatic heterocycles. The Kier molecular flexibility index (Phi) is 5.35. The number of hydrogen-bond acceptors (Lipinski definition) is 5. The van der Waals surface area contributed by atoms with E-state index in [1.54, 1.807) is 37.4 Å². The molecule has 0 atom stereocenters. The second-order valence-electron chi connectivity index (χ2n) is 3.58. The van der Waals surface area contributed by atoms with Gasteiger partial charge in [0.1, 0.15) is 24.0 Å². The van der Waals surface area contributed by atoms with Crippen LogP contribution in [0.2, 0.25) is 0 Å². The molecule has 0 saturated heterocycles. The summed E-state index contributed by atoms with van der Waals surface area (Å²) in [5, 5.41) is 26.6. The summed E-state index contributed by atoms with van der Waals surface area (Å²) in [4.78, 5) is 0. The van der Waals surface area contributed by atoms with E-state index in [0.717, 1.165) is 4.47 Å². The molecule has 0 radical (unpaired) electrons. The topological polar surface area (TPSA) is 107 Å². The first-order valence-corrected chi connectivity index (χ1v) is 6.12. The molecule has 0 aromatic heterocycles. The van der Waals surface area contributed by atoms with Crippen LogP contribution in [-0.4, -0.2) is 7.11 Å². The standard InChI is InChI=1S/C14H9BrN4O/c1-20-13-3-2-9(5-12(13)15)4-10(6-16)14(19)11(7-17)8-18/h2-5H,19H2,1H3/b10-4+. The van der Waals surface area contributed by atoms with Gasteiger partial charge in [0.05, 0.1) is 22.9 Å². The first kappa shape index (κ1) is 15.3. The Bertz CT molecular complexity index is 698. The van der Waals surface area contributed by atoms with Crippen molar-refractivity contribution in [1.29, 1.82) is 15.8 Å². The van der Waals surface area contributed by atoms with Crippen LogP contribution in [0.25, 0.3) is 6.08 Å². The molecule has 0 aliphatic carbocycles. The summed E-state index contributed by atoms with van der Waals surface area (Å²) < 4.78 is 5.82. The van der Waals surface area contributed by atoms with E-state index in [0.29, 0.717) is 11.3 Å². The fourth-order valence-corrected chi connectivity index (χ4v) is 1.95. The van der Waals surface area contributed by atoms with Crippen molar-refractivity contribution in [3.8, 4) is 24.0 Å². The van der Waals surface area contributed by atoms with Crippen LogP contribution in [0.3, 0.4) is 0 Å². The molecule has 0 bridgehead atoms. The number of nitrogens with two attached hydrogens (primary N) is 1. The zero-order valence-electron chi connectivity index (χ0n) is 10.5. The number of rotatable bonds is 3. The van der Waals surface area contributed by atoms with Gasteiger partial charge in [0.2, 0.25) is 0 Å². The Morgan fingerprint density at radius 1 is 1.25 bits per heavy atom. The van der Waals surface area contributed by atoms with Crippen molar-refractivity contribution in [2.45, 2.75) is 0 Å². The Balaban J connectivity index is 3.32. The summed E-state index contributed by atoms with van der Waals surface area (Å²) in [5.74, 6) is 0.652. The van der Waals surface area contributed by atoms with Crippen LogP contribution in [0.1, 0.15) is 5.56 Å². The lowest BCUT2D eigenvalue weighted by Crippen LogP contribution is -2.03.